The van der Waals surface area contributed by atoms with E-state index in [2.05, 4.69) is 17.9 Å². The first-order valence-electron chi connectivity index (χ1n) is 11.4. The van der Waals surface area contributed by atoms with Crippen molar-refractivity contribution in [2.45, 2.75) is 6.42 Å². The van der Waals surface area contributed by atoms with Crippen molar-refractivity contribution in [2.75, 3.05) is 19.8 Å². The summed E-state index contributed by atoms with van der Waals surface area (Å²) in [5, 5.41) is 0. The molecule has 0 aliphatic carbocycles. The van der Waals surface area contributed by atoms with E-state index in [0.717, 1.165) is 23.5 Å². The third kappa shape index (κ3) is 8.70. The fourth-order valence-electron chi connectivity index (χ4n) is 3.08. The maximum Gasteiger partial charge on any atom is 0.343 e. The normalized spacial score (nSPS) is 10.1. The molecule has 0 radical (unpaired) electrons. The highest BCUT2D eigenvalue weighted by molar-refractivity contribution is 5.91. The Hall–Kier alpha value is -4.85. The third-order valence-corrected chi connectivity index (χ3v) is 4.90. The second kappa shape index (κ2) is 13.9. The molecule has 0 amide bonds. The highest BCUT2D eigenvalue weighted by Crippen LogP contribution is 2.24. The lowest BCUT2D eigenvalue weighted by Crippen LogP contribution is -2.10. The molecule has 0 saturated heterocycles. The number of esters is 3. The lowest BCUT2D eigenvalue weighted by molar-refractivity contribution is -0.139. The maximum absolute atomic E-state index is 12.5. The topological polar surface area (TPSA) is 97.4 Å². The molecule has 0 aromatic heterocycles. The smallest absolute Gasteiger partial charge is 0.343 e. The van der Waals surface area contributed by atoms with Gasteiger partial charge in [-0.1, -0.05) is 37.4 Å². The summed E-state index contributed by atoms with van der Waals surface area (Å²) in [5.74, 6) is 0.136. The molecular weight excluding hydrogens is 476 g/mol. The Balaban J connectivity index is 1.48. The van der Waals surface area contributed by atoms with Crippen LogP contribution < -0.4 is 14.2 Å². The van der Waals surface area contributed by atoms with E-state index in [1.807, 2.05) is 24.3 Å². The van der Waals surface area contributed by atoms with E-state index in [4.69, 9.17) is 18.9 Å². The minimum absolute atomic E-state index is 0.101. The molecule has 37 heavy (non-hydrogen) atoms. The van der Waals surface area contributed by atoms with Gasteiger partial charge in [-0.3, -0.25) is 4.79 Å². The van der Waals surface area contributed by atoms with E-state index in [1.165, 1.54) is 0 Å². The highest BCUT2D eigenvalue weighted by atomic mass is 16.6. The van der Waals surface area contributed by atoms with E-state index in [0.29, 0.717) is 22.8 Å². The summed E-state index contributed by atoms with van der Waals surface area (Å²) in [7, 11) is 0. The van der Waals surface area contributed by atoms with Crippen LogP contribution in [0.4, 0.5) is 0 Å². The van der Waals surface area contributed by atoms with Crippen molar-refractivity contribution in [1.82, 2.24) is 0 Å². The summed E-state index contributed by atoms with van der Waals surface area (Å²) < 4.78 is 25.9. The minimum atomic E-state index is -0.511. The average Bonchev–Trinajstić information content (AvgIpc) is 2.92. The maximum atomic E-state index is 12.5. The Bertz CT molecular complexity index is 1210. The van der Waals surface area contributed by atoms with Crippen molar-refractivity contribution in [2.24, 2.45) is 0 Å². The number of hydrogen-bond donors (Lipinski definition) is 0. The first-order valence-corrected chi connectivity index (χ1v) is 11.4. The van der Waals surface area contributed by atoms with Gasteiger partial charge in [0.25, 0.3) is 0 Å². The zero-order valence-electron chi connectivity index (χ0n) is 20.1. The number of benzene rings is 3. The van der Waals surface area contributed by atoms with Crippen LogP contribution in [0, 0.1) is 0 Å². The first-order chi connectivity index (χ1) is 18.0. The summed E-state index contributed by atoms with van der Waals surface area (Å²) in [6, 6.07) is 21.0. The molecule has 0 aliphatic rings. The summed E-state index contributed by atoms with van der Waals surface area (Å²) in [6.45, 7) is 7.14. The second-order valence-electron chi connectivity index (χ2n) is 7.44. The van der Waals surface area contributed by atoms with Gasteiger partial charge in [0.2, 0.25) is 0 Å². The molecule has 3 aromatic carbocycles. The Labute approximate surface area is 214 Å². The number of ether oxygens (including phenoxy) is 5. The van der Waals surface area contributed by atoms with Crippen molar-refractivity contribution in [3.8, 4) is 28.4 Å². The number of carbonyl (C=O) groups excluding carboxylic acids is 3. The molecule has 0 bridgehead atoms. The number of hydrogen-bond acceptors (Lipinski definition) is 8. The molecule has 0 aliphatic heterocycles. The fraction of sp³-hybridized carbons (Fsp3) is 0.138. The van der Waals surface area contributed by atoms with E-state index in [-0.39, 0.29) is 26.2 Å². The van der Waals surface area contributed by atoms with Crippen LogP contribution in [0.25, 0.3) is 11.1 Å². The van der Waals surface area contributed by atoms with Crippen LogP contribution in [0.2, 0.25) is 0 Å². The van der Waals surface area contributed by atoms with Crippen LogP contribution in [0.1, 0.15) is 16.8 Å². The van der Waals surface area contributed by atoms with Crippen molar-refractivity contribution >= 4 is 17.9 Å². The molecule has 0 fully saturated rings. The minimum Gasteiger partial charge on any atom is -0.493 e. The highest BCUT2D eigenvalue weighted by Gasteiger charge is 2.10. The predicted molar refractivity (Wildman–Crippen MR) is 136 cm³/mol. The molecule has 0 saturated carbocycles. The van der Waals surface area contributed by atoms with Crippen LogP contribution in [-0.2, 0) is 19.1 Å². The standard InChI is InChI=1S/C29H26O8/c1-3-27(30)36-20-19-35-25-13-15-26(16-14-25)37-29(32)23-7-5-21(6-8-23)22-9-11-24(12-10-22)34-18-17-28(31)33-4-2/h3-16H,1-2,17-20H2. The van der Waals surface area contributed by atoms with Crippen LogP contribution >= 0.6 is 0 Å². The lowest BCUT2D eigenvalue weighted by atomic mass is 10.0. The Kier molecular flexibility index (Phi) is 10.0. The Morgan fingerprint density at radius 2 is 1.22 bits per heavy atom. The number of carbonyl (C=O) groups is 3. The van der Waals surface area contributed by atoms with Gasteiger partial charge in [0.05, 0.1) is 24.9 Å². The summed E-state index contributed by atoms with van der Waals surface area (Å²) in [6.07, 6.45) is 2.30. The molecule has 190 valence electrons. The van der Waals surface area contributed by atoms with E-state index in [1.54, 1.807) is 48.5 Å². The van der Waals surface area contributed by atoms with Crippen LogP contribution in [0.3, 0.4) is 0 Å². The zero-order valence-corrected chi connectivity index (χ0v) is 20.1. The van der Waals surface area contributed by atoms with E-state index in [9.17, 15) is 14.4 Å². The van der Waals surface area contributed by atoms with Gasteiger partial charge in [-0.15, -0.1) is 0 Å². The van der Waals surface area contributed by atoms with Gasteiger partial charge in [-0.25, -0.2) is 9.59 Å². The van der Waals surface area contributed by atoms with Crippen molar-refractivity contribution < 1.29 is 38.1 Å². The fourth-order valence-corrected chi connectivity index (χ4v) is 3.08. The van der Waals surface area contributed by atoms with E-state index >= 15 is 0 Å². The van der Waals surface area contributed by atoms with Crippen LogP contribution in [0.5, 0.6) is 17.2 Å². The van der Waals surface area contributed by atoms with Gasteiger partial charge in [-0.05, 0) is 59.7 Å². The largest absolute Gasteiger partial charge is 0.493 e. The van der Waals surface area contributed by atoms with Gasteiger partial charge in [0.15, 0.2) is 0 Å². The second-order valence-corrected chi connectivity index (χ2v) is 7.44. The van der Waals surface area contributed by atoms with Gasteiger partial charge >= 0.3 is 17.9 Å². The molecule has 0 heterocycles. The van der Waals surface area contributed by atoms with Crippen molar-refractivity contribution in [3.05, 3.63) is 104 Å². The van der Waals surface area contributed by atoms with Crippen LogP contribution in [-0.4, -0.2) is 37.7 Å². The molecule has 0 N–H and O–H groups in total. The molecular formula is C29H26O8. The molecule has 3 rings (SSSR count). The molecule has 0 atom stereocenters. The van der Waals surface area contributed by atoms with E-state index < -0.39 is 17.9 Å². The van der Waals surface area contributed by atoms with Gasteiger partial charge in [-0.2, -0.15) is 0 Å². The zero-order chi connectivity index (χ0) is 26.5. The molecule has 8 heteroatoms. The first kappa shape index (κ1) is 26.7. The SMILES string of the molecule is C=COC(=O)CCOc1ccc(-c2ccc(C(=O)Oc3ccc(OCCOC(=O)C=C)cc3)cc2)cc1. The lowest BCUT2D eigenvalue weighted by Gasteiger charge is -2.09. The molecule has 0 unspecified atom stereocenters. The third-order valence-electron chi connectivity index (χ3n) is 4.90. The Morgan fingerprint density at radius 3 is 1.81 bits per heavy atom. The molecule has 0 spiro atoms. The Morgan fingerprint density at radius 1 is 0.676 bits per heavy atom. The average molecular weight is 503 g/mol. The quantitative estimate of drug-likeness (QED) is 0.104. The van der Waals surface area contributed by atoms with Gasteiger partial charge in [0.1, 0.15) is 30.5 Å². The predicted octanol–water partition coefficient (Wildman–Crippen LogP) is 5.14. The van der Waals surface area contributed by atoms with Crippen molar-refractivity contribution in [3.63, 3.8) is 0 Å². The molecule has 8 nitrogen and oxygen atoms in total. The van der Waals surface area contributed by atoms with Gasteiger partial charge in [0, 0.05) is 6.08 Å². The summed E-state index contributed by atoms with van der Waals surface area (Å²) in [4.78, 5) is 34.8. The summed E-state index contributed by atoms with van der Waals surface area (Å²) in [5.41, 5.74) is 2.26. The van der Waals surface area contributed by atoms with Crippen LogP contribution in [0.15, 0.2) is 98.3 Å². The summed E-state index contributed by atoms with van der Waals surface area (Å²) >= 11 is 0. The number of rotatable bonds is 13. The van der Waals surface area contributed by atoms with Gasteiger partial charge < -0.3 is 23.7 Å². The van der Waals surface area contributed by atoms with Crippen molar-refractivity contribution in [1.29, 1.82) is 0 Å². The monoisotopic (exact) mass is 502 g/mol. The molecule has 3 aromatic rings.